The van der Waals surface area contributed by atoms with Crippen LogP contribution in [0.2, 0.25) is 0 Å². The molecule has 0 unspecified atom stereocenters. The van der Waals surface area contributed by atoms with Crippen molar-refractivity contribution in [2.45, 2.75) is 6.92 Å². The summed E-state index contributed by atoms with van der Waals surface area (Å²) in [6.07, 6.45) is 0. The molecule has 0 fully saturated rings. The first-order chi connectivity index (χ1) is 8.62. The molecule has 0 atom stereocenters. The quantitative estimate of drug-likeness (QED) is 0.655. The van der Waals surface area contributed by atoms with Gasteiger partial charge in [-0.15, -0.1) is 0 Å². The van der Waals surface area contributed by atoms with Crippen LogP contribution in [0.25, 0.3) is 0 Å². The summed E-state index contributed by atoms with van der Waals surface area (Å²) in [7, 11) is 0. The topological polar surface area (TPSA) is 81.2 Å². The summed E-state index contributed by atoms with van der Waals surface area (Å²) in [6, 6.07) is 4.61. The molecule has 1 N–H and O–H groups in total. The first-order valence-corrected chi connectivity index (χ1v) is 4.88. The Kier molecular flexibility index (Phi) is 4.58. The van der Waals surface area contributed by atoms with Gasteiger partial charge in [-0.25, -0.2) is 8.78 Å². The molecule has 5 nitrogen and oxygen atoms in total. The van der Waals surface area contributed by atoms with Gasteiger partial charge in [-0.1, -0.05) is 0 Å². The maximum absolute atomic E-state index is 13.4. The van der Waals surface area contributed by atoms with Crippen molar-refractivity contribution in [2.24, 2.45) is 5.10 Å². The predicted molar refractivity (Wildman–Crippen MR) is 59.8 cm³/mol. The molecule has 0 aliphatic carbocycles. The molecule has 0 aromatic heterocycles. The number of nitrogens with one attached hydrogen (secondary N) is 1. The molecule has 0 radical (unpaired) electrons. The lowest BCUT2D eigenvalue weighted by Crippen LogP contribution is -2.03. The van der Waals surface area contributed by atoms with Crippen LogP contribution >= 0.6 is 0 Å². The molecule has 0 saturated carbocycles. The minimum Gasteiger partial charge on any atom is -0.489 e. The van der Waals surface area contributed by atoms with Gasteiger partial charge in [0.05, 0.1) is 6.61 Å². The third-order valence-corrected chi connectivity index (χ3v) is 1.80. The number of rotatable bonds is 4. The lowest BCUT2D eigenvalue weighted by molar-refractivity contribution is 0.322. The second-order valence-corrected chi connectivity index (χ2v) is 2.99. The van der Waals surface area contributed by atoms with Crippen LogP contribution in [0.3, 0.4) is 0 Å². The second kappa shape index (κ2) is 6.16. The van der Waals surface area contributed by atoms with Crippen molar-refractivity contribution in [2.75, 3.05) is 12.0 Å². The van der Waals surface area contributed by atoms with Crippen LogP contribution in [0.5, 0.6) is 5.75 Å². The Morgan fingerprint density at radius 1 is 1.39 bits per heavy atom. The van der Waals surface area contributed by atoms with E-state index in [1.807, 2.05) is 0 Å². The first kappa shape index (κ1) is 13.4. The highest BCUT2D eigenvalue weighted by Crippen LogP contribution is 2.29. The minimum absolute atomic E-state index is 0.0997. The fourth-order valence-corrected chi connectivity index (χ4v) is 1.13. The molecule has 1 aromatic carbocycles. The summed E-state index contributed by atoms with van der Waals surface area (Å²) in [5, 5.41) is 20.3. The van der Waals surface area contributed by atoms with Crippen LogP contribution in [0.4, 0.5) is 14.5 Å². The summed E-state index contributed by atoms with van der Waals surface area (Å²) in [5.74, 6) is -1.95. The highest BCUT2D eigenvalue weighted by molar-refractivity contribution is 6.10. The van der Waals surface area contributed by atoms with Crippen molar-refractivity contribution in [1.29, 1.82) is 10.5 Å². The molecule has 0 bridgehead atoms. The monoisotopic (exact) mass is 250 g/mol. The van der Waals surface area contributed by atoms with Crippen molar-refractivity contribution >= 4 is 11.4 Å². The normalized spacial score (nSPS) is 8.94. The third kappa shape index (κ3) is 3.16. The van der Waals surface area contributed by atoms with Gasteiger partial charge in [0, 0.05) is 12.1 Å². The van der Waals surface area contributed by atoms with Crippen LogP contribution in [0, 0.1) is 34.3 Å². The van der Waals surface area contributed by atoms with E-state index in [0.717, 1.165) is 6.07 Å². The van der Waals surface area contributed by atoms with E-state index >= 15 is 0 Å². The van der Waals surface area contributed by atoms with Gasteiger partial charge in [-0.2, -0.15) is 15.6 Å². The Morgan fingerprint density at radius 2 is 2.06 bits per heavy atom. The highest BCUT2D eigenvalue weighted by atomic mass is 19.1. The molecular formula is C11H8F2N4O. The van der Waals surface area contributed by atoms with Gasteiger partial charge in [0.1, 0.15) is 23.6 Å². The number of nitrogens with zero attached hydrogens (tertiary/aromatic N) is 3. The standard InChI is InChI=1S/C11H8F2N4O/c1-2-18-11-9(13)3-7(12)4-10(11)17-16-8(5-14)6-15/h3-4,17H,2H2,1H3. The van der Waals surface area contributed by atoms with Gasteiger partial charge in [-0.3, -0.25) is 5.43 Å². The second-order valence-electron chi connectivity index (χ2n) is 2.99. The smallest absolute Gasteiger partial charge is 0.237 e. The number of nitriles is 2. The van der Waals surface area contributed by atoms with Crippen molar-refractivity contribution in [3.05, 3.63) is 23.8 Å². The molecule has 0 aliphatic heterocycles. The maximum atomic E-state index is 13.4. The molecule has 0 saturated heterocycles. The number of hydrazone groups is 1. The van der Waals surface area contributed by atoms with Crippen molar-refractivity contribution in [3.8, 4) is 17.9 Å². The highest BCUT2D eigenvalue weighted by Gasteiger charge is 2.12. The average Bonchev–Trinajstić information content (AvgIpc) is 2.34. The fraction of sp³-hybridized carbons (Fsp3) is 0.182. The molecular weight excluding hydrogens is 242 g/mol. The van der Waals surface area contributed by atoms with E-state index in [1.54, 1.807) is 6.92 Å². The molecule has 0 heterocycles. The molecule has 0 spiro atoms. The number of anilines is 1. The van der Waals surface area contributed by atoms with Gasteiger partial charge in [0.25, 0.3) is 0 Å². The van der Waals surface area contributed by atoms with E-state index in [2.05, 4.69) is 10.5 Å². The summed E-state index contributed by atoms with van der Waals surface area (Å²) in [5.41, 5.74) is 1.65. The molecule has 1 aromatic rings. The van der Waals surface area contributed by atoms with Gasteiger partial charge >= 0.3 is 0 Å². The Labute approximate surface area is 102 Å². The fourth-order valence-electron chi connectivity index (χ4n) is 1.13. The van der Waals surface area contributed by atoms with Gasteiger partial charge in [-0.05, 0) is 6.92 Å². The number of hydrogen-bond donors (Lipinski definition) is 1. The summed E-state index contributed by atoms with van der Waals surface area (Å²) in [6.45, 7) is 1.80. The Balaban J connectivity index is 3.12. The van der Waals surface area contributed by atoms with Crippen molar-refractivity contribution in [1.82, 2.24) is 0 Å². The predicted octanol–water partition coefficient (Wildman–Crippen LogP) is 2.18. The van der Waals surface area contributed by atoms with Crippen LogP contribution in [-0.4, -0.2) is 12.3 Å². The SMILES string of the molecule is CCOc1c(F)cc(F)cc1NN=C(C#N)C#N. The van der Waals surface area contributed by atoms with Gasteiger partial charge in [0.15, 0.2) is 11.6 Å². The van der Waals surface area contributed by atoms with E-state index in [1.165, 1.54) is 12.1 Å². The van der Waals surface area contributed by atoms with E-state index in [0.29, 0.717) is 6.07 Å². The zero-order chi connectivity index (χ0) is 13.5. The van der Waals surface area contributed by atoms with Crippen molar-refractivity contribution < 1.29 is 13.5 Å². The summed E-state index contributed by atoms with van der Waals surface area (Å²) in [4.78, 5) is 0. The lowest BCUT2D eigenvalue weighted by atomic mass is 10.2. The van der Waals surface area contributed by atoms with E-state index in [9.17, 15) is 8.78 Å². The number of benzene rings is 1. The number of halogens is 2. The minimum atomic E-state index is -0.898. The molecule has 18 heavy (non-hydrogen) atoms. The summed E-state index contributed by atoms with van der Waals surface area (Å²) < 4.78 is 31.4. The maximum Gasteiger partial charge on any atom is 0.237 e. The molecule has 0 amide bonds. The van der Waals surface area contributed by atoms with Gasteiger partial charge < -0.3 is 4.74 Å². The van der Waals surface area contributed by atoms with E-state index < -0.39 is 17.3 Å². The average molecular weight is 250 g/mol. The van der Waals surface area contributed by atoms with Crippen molar-refractivity contribution in [3.63, 3.8) is 0 Å². The molecule has 0 aliphatic rings. The van der Waals surface area contributed by atoms with Crippen LogP contribution in [0.15, 0.2) is 17.2 Å². The zero-order valence-electron chi connectivity index (χ0n) is 9.37. The van der Waals surface area contributed by atoms with Crippen LogP contribution in [-0.2, 0) is 0 Å². The Morgan fingerprint density at radius 3 is 2.61 bits per heavy atom. The van der Waals surface area contributed by atoms with Crippen LogP contribution in [0.1, 0.15) is 6.92 Å². The molecule has 1 rings (SSSR count). The molecule has 92 valence electrons. The van der Waals surface area contributed by atoms with E-state index in [-0.39, 0.29) is 18.0 Å². The Bertz CT molecular complexity index is 541. The first-order valence-electron chi connectivity index (χ1n) is 4.88. The zero-order valence-corrected chi connectivity index (χ0v) is 9.37. The third-order valence-electron chi connectivity index (χ3n) is 1.80. The number of ether oxygens (including phenoxy) is 1. The van der Waals surface area contributed by atoms with Crippen LogP contribution < -0.4 is 10.2 Å². The number of hydrogen-bond acceptors (Lipinski definition) is 5. The molecule has 7 heteroatoms. The van der Waals surface area contributed by atoms with Gasteiger partial charge in [0.2, 0.25) is 5.71 Å². The largest absolute Gasteiger partial charge is 0.489 e. The van der Waals surface area contributed by atoms with E-state index in [4.69, 9.17) is 15.3 Å². The Hall–Kier alpha value is -2.67. The lowest BCUT2D eigenvalue weighted by Gasteiger charge is -2.10. The summed E-state index contributed by atoms with van der Waals surface area (Å²) >= 11 is 0.